The number of hydrogen-bond donors (Lipinski definition) is 1. The molecule has 4 rings (SSSR count). The van der Waals surface area contributed by atoms with Crippen LogP contribution >= 0.6 is 0 Å². The van der Waals surface area contributed by atoms with Crippen molar-refractivity contribution in [1.29, 1.82) is 0 Å². The summed E-state index contributed by atoms with van der Waals surface area (Å²) in [6.45, 7) is 2.68. The molecule has 2 heterocycles. The first kappa shape index (κ1) is 18.7. The van der Waals surface area contributed by atoms with Crippen molar-refractivity contribution in [3.63, 3.8) is 0 Å². The fraction of sp³-hybridized carbons (Fsp3) is 0.227. The number of amides is 3. The van der Waals surface area contributed by atoms with Gasteiger partial charge in [-0.05, 0) is 17.7 Å². The summed E-state index contributed by atoms with van der Waals surface area (Å²) in [6, 6.07) is 20.9. The van der Waals surface area contributed by atoms with Gasteiger partial charge in [-0.2, -0.15) is 5.10 Å². The van der Waals surface area contributed by atoms with Crippen molar-refractivity contribution in [2.24, 2.45) is 0 Å². The number of piperazine rings is 1. The van der Waals surface area contributed by atoms with Gasteiger partial charge in [0.15, 0.2) is 5.82 Å². The minimum atomic E-state index is -0.193. The second-order valence-corrected chi connectivity index (χ2v) is 6.96. The van der Waals surface area contributed by atoms with Crippen LogP contribution in [-0.4, -0.2) is 57.7 Å². The summed E-state index contributed by atoms with van der Waals surface area (Å²) < 4.78 is 1.79. The number of benzene rings is 2. The van der Waals surface area contributed by atoms with E-state index in [1.165, 1.54) is 0 Å². The van der Waals surface area contributed by atoms with E-state index < -0.39 is 0 Å². The van der Waals surface area contributed by atoms with E-state index in [0.29, 0.717) is 44.1 Å². The average Bonchev–Trinajstić information content (AvgIpc) is 3.21. The lowest BCUT2D eigenvalue weighted by Crippen LogP contribution is -2.51. The summed E-state index contributed by atoms with van der Waals surface area (Å²) >= 11 is 0. The SMILES string of the molecule is O=C(Nc1ccn(Cc2ccccc2)n1)N1CCN(C(=O)c2ccccc2)CC1. The third-order valence-electron chi connectivity index (χ3n) is 4.94. The predicted molar refractivity (Wildman–Crippen MR) is 111 cm³/mol. The zero-order valence-corrected chi connectivity index (χ0v) is 16.1. The molecule has 7 heteroatoms. The fourth-order valence-corrected chi connectivity index (χ4v) is 3.35. The number of nitrogens with zero attached hydrogens (tertiary/aromatic N) is 4. The summed E-state index contributed by atoms with van der Waals surface area (Å²) in [5.74, 6) is 0.527. The van der Waals surface area contributed by atoms with Crippen molar-refractivity contribution in [3.8, 4) is 0 Å². The lowest BCUT2D eigenvalue weighted by atomic mass is 10.2. The second-order valence-electron chi connectivity index (χ2n) is 6.96. The van der Waals surface area contributed by atoms with Gasteiger partial charge in [-0.25, -0.2) is 4.79 Å². The monoisotopic (exact) mass is 389 g/mol. The first-order chi connectivity index (χ1) is 14.2. The van der Waals surface area contributed by atoms with Crippen molar-refractivity contribution < 1.29 is 9.59 Å². The van der Waals surface area contributed by atoms with Crippen LogP contribution in [0, 0.1) is 0 Å². The van der Waals surface area contributed by atoms with Crippen LogP contribution in [0.25, 0.3) is 0 Å². The molecule has 7 nitrogen and oxygen atoms in total. The number of hydrogen-bond acceptors (Lipinski definition) is 3. The van der Waals surface area contributed by atoms with Crippen molar-refractivity contribution in [3.05, 3.63) is 84.1 Å². The molecule has 2 aromatic carbocycles. The van der Waals surface area contributed by atoms with Gasteiger partial charge in [-0.1, -0.05) is 48.5 Å². The Morgan fingerprint density at radius 2 is 1.45 bits per heavy atom. The van der Waals surface area contributed by atoms with E-state index in [0.717, 1.165) is 5.56 Å². The van der Waals surface area contributed by atoms with Crippen molar-refractivity contribution in [2.45, 2.75) is 6.54 Å². The third kappa shape index (κ3) is 4.63. The van der Waals surface area contributed by atoms with Gasteiger partial charge in [0.25, 0.3) is 5.91 Å². The highest BCUT2D eigenvalue weighted by Crippen LogP contribution is 2.11. The predicted octanol–water partition coefficient (Wildman–Crippen LogP) is 2.92. The Balaban J connectivity index is 1.28. The standard InChI is InChI=1S/C22H23N5O2/c28-21(19-9-5-2-6-10-19)25-13-15-26(16-14-25)22(29)23-20-11-12-27(24-20)17-18-7-3-1-4-8-18/h1-12H,13-17H2,(H,23,24,29). The van der Waals surface area contributed by atoms with Gasteiger partial charge in [0.05, 0.1) is 6.54 Å². The third-order valence-corrected chi connectivity index (χ3v) is 4.94. The quantitative estimate of drug-likeness (QED) is 0.746. The summed E-state index contributed by atoms with van der Waals surface area (Å²) in [5.41, 5.74) is 1.82. The Bertz CT molecular complexity index is 963. The summed E-state index contributed by atoms with van der Waals surface area (Å²) in [5, 5.41) is 7.26. The van der Waals surface area contributed by atoms with Crippen molar-refractivity contribution in [2.75, 3.05) is 31.5 Å². The zero-order chi connectivity index (χ0) is 20.1. The minimum absolute atomic E-state index is 0.00492. The van der Waals surface area contributed by atoms with Crippen LogP contribution in [0.3, 0.4) is 0 Å². The molecule has 0 bridgehead atoms. The Hall–Kier alpha value is -3.61. The maximum atomic E-state index is 12.5. The highest BCUT2D eigenvalue weighted by atomic mass is 16.2. The molecule has 1 aliphatic heterocycles. The van der Waals surface area contributed by atoms with Crippen LogP contribution in [0.4, 0.5) is 10.6 Å². The van der Waals surface area contributed by atoms with Gasteiger partial charge in [0.1, 0.15) is 0 Å². The van der Waals surface area contributed by atoms with Crippen LogP contribution in [0.15, 0.2) is 72.9 Å². The van der Waals surface area contributed by atoms with Crippen LogP contribution in [0.2, 0.25) is 0 Å². The molecule has 148 valence electrons. The largest absolute Gasteiger partial charge is 0.335 e. The maximum Gasteiger partial charge on any atom is 0.323 e. The second kappa shape index (κ2) is 8.60. The maximum absolute atomic E-state index is 12.5. The smallest absolute Gasteiger partial charge is 0.323 e. The van der Waals surface area contributed by atoms with Gasteiger partial charge in [0.2, 0.25) is 0 Å². The van der Waals surface area contributed by atoms with Gasteiger partial charge in [-0.3, -0.25) is 14.8 Å². The Labute approximate surface area is 169 Å². The molecule has 0 atom stereocenters. The number of carbonyl (C=O) groups is 2. The van der Waals surface area contributed by atoms with E-state index in [1.807, 2.05) is 66.9 Å². The van der Waals surface area contributed by atoms with E-state index >= 15 is 0 Å². The topological polar surface area (TPSA) is 70.5 Å². The van der Waals surface area contributed by atoms with Gasteiger partial charge in [0, 0.05) is 44.0 Å². The molecule has 29 heavy (non-hydrogen) atoms. The molecule has 3 aromatic rings. The molecule has 0 radical (unpaired) electrons. The van der Waals surface area contributed by atoms with E-state index in [1.54, 1.807) is 20.5 Å². The first-order valence-electron chi connectivity index (χ1n) is 9.67. The average molecular weight is 389 g/mol. The summed E-state index contributed by atoms with van der Waals surface area (Å²) in [7, 11) is 0. The Morgan fingerprint density at radius 1 is 0.828 bits per heavy atom. The number of nitrogens with one attached hydrogen (secondary N) is 1. The molecule has 1 saturated heterocycles. The Kier molecular flexibility index (Phi) is 5.56. The molecule has 1 aliphatic rings. The number of anilines is 1. The summed E-state index contributed by atoms with van der Waals surface area (Å²) in [6.07, 6.45) is 1.85. The molecule has 0 unspecified atom stereocenters. The van der Waals surface area contributed by atoms with Gasteiger partial charge < -0.3 is 9.80 Å². The van der Waals surface area contributed by atoms with Crippen molar-refractivity contribution in [1.82, 2.24) is 19.6 Å². The first-order valence-corrected chi connectivity index (χ1v) is 9.67. The van der Waals surface area contributed by atoms with E-state index in [4.69, 9.17) is 0 Å². The van der Waals surface area contributed by atoms with Crippen LogP contribution in [0.1, 0.15) is 15.9 Å². The highest BCUT2D eigenvalue weighted by Gasteiger charge is 2.25. The molecule has 1 N–H and O–H groups in total. The lowest BCUT2D eigenvalue weighted by Gasteiger charge is -2.34. The number of urea groups is 1. The zero-order valence-electron chi connectivity index (χ0n) is 16.1. The van der Waals surface area contributed by atoms with E-state index in [2.05, 4.69) is 10.4 Å². The minimum Gasteiger partial charge on any atom is -0.335 e. The number of carbonyl (C=O) groups excluding carboxylic acids is 2. The molecular formula is C22H23N5O2. The molecular weight excluding hydrogens is 366 g/mol. The Morgan fingerprint density at radius 3 is 2.14 bits per heavy atom. The fourth-order valence-electron chi connectivity index (χ4n) is 3.35. The highest BCUT2D eigenvalue weighted by molar-refractivity contribution is 5.94. The molecule has 1 fully saturated rings. The lowest BCUT2D eigenvalue weighted by molar-refractivity contribution is 0.0671. The van der Waals surface area contributed by atoms with Crippen molar-refractivity contribution >= 4 is 17.8 Å². The molecule has 0 spiro atoms. The van der Waals surface area contributed by atoms with Gasteiger partial charge >= 0.3 is 6.03 Å². The van der Waals surface area contributed by atoms with Gasteiger partial charge in [-0.15, -0.1) is 0 Å². The number of aromatic nitrogens is 2. The van der Waals surface area contributed by atoms with E-state index in [-0.39, 0.29) is 11.9 Å². The van der Waals surface area contributed by atoms with Crippen LogP contribution in [0.5, 0.6) is 0 Å². The van der Waals surface area contributed by atoms with E-state index in [9.17, 15) is 9.59 Å². The molecule has 0 aliphatic carbocycles. The number of rotatable bonds is 4. The van der Waals surface area contributed by atoms with Crippen LogP contribution in [-0.2, 0) is 6.54 Å². The molecule has 1 aromatic heterocycles. The molecule has 3 amide bonds. The summed E-state index contributed by atoms with van der Waals surface area (Å²) in [4.78, 5) is 28.6. The molecule has 0 saturated carbocycles. The normalized spacial score (nSPS) is 13.9. The van der Waals surface area contributed by atoms with Crippen LogP contribution < -0.4 is 5.32 Å².